The Bertz CT molecular complexity index is 576. The summed E-state index contributed by atoms with van der Waals surface area (Å²) in [4.78, 5) is 8.92. The van der Waals surface area contributed by atoms with Crippen LogP contribution in [0.4, 0.5) is 5.82 Å². The van der Waals surface area contributed by atoms with Gasteiger partial charge in [-0.05, 0) is 37.7 Å². The van der Waals surface area contributed by atoms with Crippen molar-refractivity contribution < 1.29 is 0 Å². The van der Waals surface area contributed by atoms with Crippen molar-refractivity contribution in [1.29, 1.82) is 0 Å². The van der Waals surface area contributed by atoms with E-state index in [0.717, 1.165) is 31.3 Å². The number of halogens is 1. The van der Waals surface area contributed by atoms with Gasteiger partial charge in [-0.15, -0.1) is 11.6 Å². The van der Waals surface area contributed by atoms with Crippen LogP contribution in [0.5, 0.6) is 0 Å². The predicted octanol–water partition coefficient (Wildman–Crippen LogP) is 2.52. The van der Waals surface area contributed by atoms with Gasteiger partial charge in [0.05, 0.1) is 11.8 Å². The van der Waals surface area contributed by atoms with Crippen LogP contribution in [-0.4, -0.2) is 20.4 Å². The number of alkyl halides is 1. The summed E-state index contributed by atoms with van der Waals surface area (Å²) < 4.78 is 2.18. The monoisotopic (exact) mass is 264 g/mol. The van der Waals surface area contributed by atoms with E-state index in [1.807, 2.05) is 6.33 Å². The van der Waals surface area contributed by atoms with Crippen LogP contribution in [0.25, 0.3) is 11.0 Å². The van der Waals surface area contributed by atoms with Crippen LogP contribution in [0.3, 0.4) is 0 Å². The van der Waals surface area contributed by atoms with Gasteiger partial charge in [-0.3, -0.25) is 0 Å². The van der Waals surface area contributed by atoms with E-state index in [0.29, 0.717) is 11.7 Å². The highest BCUT2D eigenvalue weighted by Gasteiger charge is 2.19. The topological polar surface area (TPSA) is 56.7 Å². The summed E-state index contributed by atoms with van der Waals surface area (Å²) in [7, 11) is 0. The molecule has 1 aliphatic rings. The van der Waals surface area contributed by atoms with E-state index in [1.54, 1.807) is 0 Å². The Morgan fingerprint density at radius 3 is 3.00 bits per heavy atom. The zero-order chi connectivity index (χ0) is 12.5. The van der Waals surface area contributed by atoms with E-state index in [4.69, 9.17) is 17.3 Å². The van der Waals surface area contributed by atoms with Crippen LogP contribution in [0.15, 0.2) is 6.33 Å². The Hall–Kier alpha value is -1.29. The van der Waals surface area contributed by atoms with Crippen LogP contribution >= 0.6 is 11.6 Å². The van der Waals surface area contributed by atoms with Crippen LogP contribution < -0.4 is 5.73 Å². The molecule has 0 unspecified atom stereocenters. The number of nitrogen functional groups attached to an aromatic ring is 1. The van der Waals surface area contributed by atoms with Gasteiger partial charge in [0, 0.05) is 18.1 Å². The molecule has 3 rings (SSSR count). The highest BCUT2D eigenvalue weighted by atomic mass is 35.5. The van der Waals surface area contributed by atoms with E-state index in [-0.39, 0.29) is 0 Å². The number of imidazole rings is 1. The number of anilines is 1. The van der Waals surface area contributed by atoms with Crippen molar-refractivity contribution >= 4 is 28.5 Å². The lowest BCUT2D eigenvalue weighted by Crippen LogP contribution is -2.10. The van der Waals surface area contributed by atoms with Gasteiger partial charge < -0.3 is 10.3 Å². The summed E-state index contributed by atoms with van der Waals surface area (Å²) >= 11 is 5.77. The van der Waals surface area contributed by atoms with E-state index >= 15 is 0 Å². The fraction of sp³-hybridized carbons (Fsp3) is 0.538. The normalized spacial score (nSPS) is 14.9. The molecule has 96 valence electrons. The number of aromatic nitrogens is 3. The molecule has 0 saturated heterocycles. The first kappa shape index (κ1) is 11.8. The second-order valence-corrected chi connectivity index (χ2v) is 5.19. The summed E-state index contributed by atoms with van der Waals surface area (Å²) in [5.41, 5.74) is 10.6. The lowest BCUT2D eigenvalue weighted by atomic mass is 9.95. The maximum Gasteiger partial charge on any atom is 0.151 e. The second-order valence-electron chi connectivity index (χ2n) is 4.81. The molecule has 0 amide bonds. The number of hydrogen-bond acceptors (Lipinski definition) is 3. The van der Waals surface area contributed by atoms with Crippen molar-refractivity contribution in [3.63, 3.8) is 0 Å². The Morgan fingerprint density at radius 2 is 2.17 bits per heavy atom. The zero-order valence-corrected chi connectivity index (χ0v) is 11.1. The number of rotatable bonds is 3. The molecule has 18 heavy (non-hydrogen) atoms. The molecule has 2 aromatic heterocycles. The number of nitrogens with zero attached hydrogens (tertiary/aromatic N) is 3. The first-order valence-corrected chi connectivity index (χ1v) is 7.02. The number of hydrogen-bond donors (Lipinski definition) is 1. The van der Waals surface area contributed by atoms with E-state index in [2.05, 4.69) is 14.5 Å². The molecule has 0 atom stereocenters. The Labute approximate surface area is 111 Å². The maximum absolute atomic E-state index is 6.01. The molecule has 0 aliphatic heterocycles. The van der Waals surface area contributed by atoms with Crippen LogP contribution in [0.1, 0.15) is 30.5 Å². The minimum absolute atomic E-state index is 0.565. The van der Waals surface area contributed by atoms with Gasteiger partial charge in [-0.1, -0.05) is 0 Å². The van der Waals surface area contributed by atoms with Crippen LogP contribution in [-0.2, 0) is 19.4 Å². The molecule has 0 bridgehead atoms. The molecule has 0 fully saturated rings. The fourth-order valence-corrected chi connectivity index (χ4v) is 2.87. The Balaban J connectivity index is 2.17. The molecular formula is C13H17ClN4. The van der Waals surface area contributed by atoms with Crippen molar-refractivity contribution in [2.45, 2.75) is 38.6 Å². The van der Waals surface area contributed by atoms with E-state index in [1.165, 1.54) is 29.6 Å². The van der Waals surface area contributed by atoms with Crippen molar-refractivity contribution in [1.82, 2.24) is 14.5 Å². The quantitative estimate of drug-likeness (QED) is 0.867. The highest BCUT2D eigenvalue weighted by Crippen LogP contribution is 2.30. The van der Waals surface area contributed by atoms with Crippen LogP contribution in [0, 0.1) is 0 Å². The molecule has 4 nitrogen and oxygen atoms in total. The first-order chi connectivity index (χ1) is 8.81. The van der Waals surface area contributed by atoms with Crippen molar-refractivity contribution in [2.75, 3.05) is 11.6 Å². The van der Waals surface area contributed by atoms with Gasteiger partial charge in [-0.2, -0.15) is 0 Å². The molecule has 0 saturated carbocycles. The maximum atomic E-state index is 6.01. The lowest BCUT2D eigenvalue weighted by Gasteiger charge is -2.17. The average Bonchev–Trinajstić information content (AvgIpc) is 2.81. The van der Waals surface area contributed by atoms with Crippen molar-refractivity contribution in [2.24, 2.45) is 0 Å². The summed E-state index contributed by atoms with van der Waals surface area (Å²) in [6, 6.07) is 0. The fourth-order valence-electron chi connectivity index (χ4n) is 2.75. The summed E-state index contributed by atoms with van der Waals surface area (Å²) in [5, 5.41) is 0. The molecule has 0 aromatic carbocycles. The predicted molar refractivity (Wildman–Crippen MR) is 73.9 cm³/mol. The van der Waals surface area contributed by atoms with Gasteiger partial charge in [0.25, 0.3) is 0 Å². The number of fused-ring (bicyclic) bond motifs is 3. The summed E-state index contributed by atoms with van der Waals surface area (Å²) in [6.45, 7) is 0.899. The number of nitrogens with two attached hydrogens (primary N) is 1. The van der Waals surface area contributed by atoms with Crippen molar-refractivity contribution in [3.05, 3.63) is 17.6 Å². The molecule has 5 heteroatoms. The lowest BCUT2D eigenvalue weighted by molar-refractivity contribution is 0.659. The third-order valence-corrected chi connectivity index (χ3v) is 3.86. The Kier molecular flexibility index (Phi) is 3.12. The van der Waals surface area contributed by atoms with Crippen LogP contribution in [0.2, 0.25) is 0 Å². The molecular weight excluding hydrogens is 248 g/mol. The minimum atomic E-state index is 0.565. The third-order valence-electron chi connectivity index (χ3n) is 3.59. The Morgan fingerprint density at radius 1 is 1.33 bits per heavy atom. The van der Waals surface area contributed by atoms with E-state index < -0.39 is 0 Å². The SMILES string of the molecule is Nc1nc2c(c3c1ncn3CCCCl)CCCC2. The molecule has 2 aromatic rings. The highest BCUT2D eigenvalue weighted by molar-refractivity contribution is 6.17. The molecule has 2 heterocycles. The minimum Gasteiger partial charge on any atom is -0.382 e. The number of pyridine rings is 1. The molecule has 2 N–H and O–H groups in total. The second kappa shape index (κ2) is 4.76. The van der Waals surface area contributed by atoms with E-state index in [9.17, 15) is 0 Å². The van der Waals surface area contributed by atoms with Crippen molar-refractivity contribution in [3.8, 4) is 0 Å². The van der Waals surface area contributed by atoms with Gasteiger partial charge in [0.15, 0.2) is 5.82 Å². The summed E-state index contributed by atoms with van der Waals surface area (Å²) in [5.74, 6) is 1.23. The standard InChI is InChI=1S/C13H17ClN4/c14-6-3-7-18-8-16-11-12(18)9-4-1-2-5-10(9)17-13(11)15/h8H,1-7H2,(H2,15,17). The zero-order valence-electron chi connectivity index (χ0n) is 10.3. The van der Waals surface area contributed by atoms with Gasteiger partial charge in [-0.25, -0.2) is 9.97 Å². The number of aryl methyl sites for hydroxylation is 3. The molecule has 1 aliphatic carbocycles. The first-order valence-electron chi connectivity index (χ1n) is 6.49. The van der Waals surface area contributed by atoms with Gasteiger partial charge in [0.1, 0.15) is 5.52 Å². The summed E-state index contributed by atoms with van der Waals surface area (Å²) in [6.07, 6.45) is 7.38. The van der Waals surface area contributed by atoms with Gasteiger partial charge >= 0.3 is 0 Å². The largest absolute Gasteiger partial charge is 0.382 e. The molecule has 0 spiro atoms. The smallest absolute Gasteiger partial charge is 0.151 e. The molecule has 0 radical (unpaired) electrons. The third kappa shape index (κ3) is 1.85. The average molecular weight is 265 g/mol. The van der Waals surface area contributed by atoms with Gasteiger partial charge in [0.2, 0.25) is 0 Å².